The van der Waals surface area contributed by atoms with Gasteiger partial charge in [-0.15, -0.1) is 5.10 Å². The number of rotatable bonds is 10. The molecule has 0 spiro atoms. The van der Waals surface area contributed by atoms with Gasteiger partial charge in [0.25, 0.3) is 0 Å². The van der Waals surface area contributed by atoms with Gasteiger partial charge in [0.1, 0.15) is 23.6 Å². The van der Waals surface area contributed by atoms with Crippen molar-refractivity contribution >= 4 is 11.9 Å². The molecule has 2 atom stereocenters. The first-order valence-corrected chi connectivity index (χ1v) is 12.1. The van der Waals surface area contributed by atoms with E-state index < -0.39 is 5.97 Å². The Morgan fingerprint density at radius 2 is 2.09 bits per heavy atom. The second-order valence-corrected chi connectivity index (χ2v) is 8.88. The van der Waals surface area contributed by atoms with Crippen LogP contribution in [0.1, 0.15) is 56.2 Å². The van der Waals surface area contributed by atoms with Crippen molar-refractivity contribution in [1.29, 1.82) is 0 Å². The molecule has 186 valence electrons. The summed E-state index contributed by atoms with van der Waals surface area (Å²) in [5.41, 5.74) is 3.12. The van der Waals surface area contributed by atoms with Crippen LogP contribution in [0, 0.1) is 12.8 Å². The van der Waals surface area contributed by atoms with Crippen molar-refractivity contribution in [2.45, 2.75) is 64.9 Å². The molecule has 3 heterocycles. The number of pyridine rings is 1. The molecule has 11 heteroatoms. The Bertz CT molecular complexity index is 1170. The molecule has 35 heavy (non-hydrogen) atoms. The molecule has 1 aliphatic carbocycles. The number of carboxylic acid groups (broad SMARTS) is 1. The zero-order valence-electron chi connectivity index (χ0n) is 20.4. The predicted octanol–water partition coefficient (Wildman–Crippen LogP) is 3.00. The minimum atomic E-state index is -0.745. The fourth-order valence-corrected chi connectivity index (χ4v) is 4.37. The fourth-order valence-electron chi connectivity index (χ4n) is 4.37. The molecule has 0 aliphatic heterocycles. The highest BCUT2D eigenvalue weighted by molar-refractivity contribution is 5.70. The van der Waals surface area contributed by atoms with Gasteiger partial charge in [-0.25, -0.2) is 15.0 Å². The quantitative estimate of drug-likeness (QED) is 0.445. The van der Waals surface area contributed by atoms with Gasteiger partial charge in [-0.05, 0) is 51.2 Å². The van der Waals surface area contributed by atoms with Crippen molar-refractivity contribution in [2.75, 3.05) is 11.9 Å². The van der Waals surface area contributed by atoms with Crippen LogP contribution in [0.3, 0.4) is 0 Å². The first kappa shape index (κ1) is 24.5. The molecule has 1 fully saturated rings. The predicted molar refractivity (Wildman–Crippen MR) is 129 cm³/mol. The third kappa shape index (κ3) is 6.09. The second-order valence-electron chi connectivity index (χ2n) is 8.88. The fraction of sp³-hybridized carbons (Fsp3) is 0.542. The highest BCUT2D eigenvalue weighted by atomic mass is 16.5. The number of carboxylic acids is 1. The molecule has 4 rings (SSSR count). The van der Waals surface area contributed by atoms with E-state index in [-0.39, 0.29) is 12.0 Å². The molecular formula is C24H32N8O3. The summed E-state index contributed by atoms with van der Waals surface area (Å²) in [4.78, 5) is 28.9. The number of nitrogens with zero attached hydrogens (tertiary/aromatic N) is 7. The summed E-state index contributed by atoms with van der Waals surface area (Å²) in [6.07, 6.45) is 6.82. The lowest BCUT2D eigenvalue weighted by Gasteiger charge is -2.27. The van der Waals surface area contributed by atoms with Crippen LogP contribution in [0.4, 0.5) is 5.95 Å². The summed E-state index contributed by atoms with van der Waals surface area (Å²) >= 11 is 0. The van der Waals surface area contributed by atoms with E-state index in [9.17, 15) is 9.90 Å². The molecule has 0 saturated heterocycles. The number of aryl methyl sites for hydroxylation is 3. The second kappa shape index (κ2) is 11.2. The first-order valence-electron chi connectivity index (χ1n) is 12.1. The number of aliphatic carboxylic acids is 1. The number of anilines is 1. The molecular weight excluding hydrogens is 448 g/mol. The average molecular weight is 481 g/mol. The average Bonchev–Trinajstić information content (AvgIpc) is 3.21. The lowest BCUT2D eigenvalue weighted by atomic mass is 9.87. The molecule has 3 aromatic heterocycles. The smallest absolute Gasteiger partial charge is 0.306 e. The molecule has 2 N–H and O–H groups in total. The Kier molecular flexibility index (Phi) is 7.84. The number of aromatic nitrogens is 7. The summed E-state index contributed by atoms with van der Waals surface area (Å²) in [6.45, 7) is 4.59. The molecule has 0 bridgehead atoms. The summed E-state index contributed by atoms with van der Waals surface area (Å²) < 4.78 is 7.89. The van der Waals surface area contributed by atoms with Crippen molar-refractivity contribution in [2.24, 2.45) is 13.0 Å². The zero-order chi connectivity index (χ0) is 24.8. The monoisotopic (exact) mass is 480 g/mol. The van der Waals surface area contributed by atoms with E-state index in [0.717, 1.165) is 54.3 Å². The van der Waals surface area contributed by atoms with Crippen molar-refractivity contribution in [3.05, 3.63) is 35.7 Å². The van der Waals surface area contributed by atoms with E-state index in [1.165, 1.54) is 6.33 Å². The van der Waals surface area contributed by atoms with Crippen molar-refractivity contribution in [3.63, 3.8) is 0 Å². The van der Waals surface area contributed by atoms with E-state index in [4.69, 9.17) is 9.72 Å². The third-order valence-corrected chi connectivity index (χ3v) is 6.23. The van der Waals surface area contributed by atoms with Crippen LogP contribution in [0.5, 0.6) is 5.75 Å². The molecule has 3 aromatic rings. The standard InChI is InChI=1S/C24H32N8O3/c1-4-6-21-26-14-27-24(29-21)25-12-11-19-22(30-31-32(19)3)18-9-10-20(15(2)28-18)35-17-8-5-7-16(13-17)23(33)34/h9-10,14,16-17H,4-8,11-13H2,1-3H3,(H,33,34)(H,25,26,27,29)/t16-,17-/m0/s1. The largest absolute Gasteiger partial charge is 0.489 e. The Balaban J connectivity index is 1.42. The first-order chi connectivity index (χ1) is 16.9. The minimum absolute atomic E-state index is 0.109. The molecule has 0 unspecified atom stereocenters. The van der Waals surface area contributed by atoms with Gasteiger partial charge in [0.15, 0.2) is 0 Å². The van der Waals surface area contributed by atoms with Gasteiger partial charge in [0, 0.05) is 26.4 Å². The van der Waals surface area contributed by atoms with Crippen LogP contribution in [-0.2, 0) is 24.7 Å². The topological polar surface area (TPSA) is 141 Å². The molecule has 0 radical (unpaired) electrons. The van der Waals surface area contributed by atoms with Gasteiger partial charge in [-0.2, -0.15) is 4.98 Å². The maximum absolute atomic E-state index is 11.4. The van der Waals surface area contributed by atoms with Crippen LogP contribution in [0.2, 0.25) is 0 Å². The van der Waals surface area contributed by atoms with Crippen LogP contribution < -0.4 is 10.1 Å². The van der Waals surface area contributed by atoms with Crippen LogP contribution in [-0.4, -0.2) is 58.7 Å². The van der Waals surface area contributed by atoms with E-state index >= 15 is 0 Å². The SMILES string of the molecule is CCCc1ncnc(NCCc2c(-c3ccc(O[C@H]4CCC[C@H](C(=O)O)C4)c(C)n3)nnn2C)n1. The highest BCUT2D eigenvalue weighted by Gasteiger charge is 2.28. The van der Waals surface area contributed by atoms with Crippen LogP contribution in [0.25, 0.3) is 11.4 Å². The summed E-state index contributed by atoms with van der Waals surface area (Å²) in [5, 5.41) is 21.1. The van der Waals surface area contributed by atoms with Crippen LogP contribution >= 0.6 is 0 Å². The number of hydrogen-bond donors (Lipinski definition) is 2. The van der Waals surface area contributed by atoms with Gasteiger partial charge in [0.05, 0.1) is 29.1 Å². The Morgan fingerprint density at radius 1 is 1.23 bits per heavy atom. The van der Waals surface area contributed by atoms with Crippen LogP contribution in [0.15, 0.2) is 18.5 Å². The number of hydrogen-bond acceptors (Lipinski definition) is 9. The lowest BCUT2D eigenvalue weighted by molar-refractivity contribution is -0.143. The Labute approximate surface area is 204 Å². The summed E-state index contributed by atoms with van der Waals surface area (Å²) in [5.74, 6) is 0.928. The van der Waals surface area contributed by atoms with E-state index in [0.29, 0.717) is 37.5 Å². The number of ether oxygens (including phenoxy) is 1. The molecule has 1 saturated carbocycles. The zero-order valence-corrected chi connectivity index (χ0v) is 20.4. The highest BCUT2D eigenvalue weighted by Crippen LogP contribution is 2.30. The van der Waals surface area contributed by atoms with E-state index in [2.05, 4.69) is 37.5 Å². The summed E-state index contributed by atoms with van der Waals surface area (Å²) in [7, 11) is 1.86. The van der Waals surface area contributed by atoms with Gasteiger partial charge in [0.2, 0.25) is 5.95 Å². The molecule has 11 nitrogen and oxygen atoms in total. The number of nitrogens with one attached hydrogen (secondary N) is 1. The van der Waals surface area contributed by atoms with Crippen molar-refractivity contribution in [3.8, 4) is 17.1 Å². The Morgan fingerprint density at radius 3 is 2.86 bits per heavy atom. The van der Waals surface area contributed by atoms with Gasteiger partial charge in [-0.3, -0.25) is 9.48 Å². The molecule has 0 aromatic carbocycles. The number of carbonyl (C=O) groups is 1. The van der Waals surface area contributed by atoms with E-state index in [1.54, 1.807) is 4.68 Å². The minimum Gasteiger partial charge on any atom is -0.489 e. The maximum Gasteiger partial charge on any atom is 0.306 e. The molecule has 0 amide bonds. The Hall–Kier alpha value is -3.63. The lowest BCUT2D eigenvalue weighted by Crippen LogP contribution is -2.29. The normalized spacial score (nSPS) is 17.8. The van der Waals surface area contributed by atoms with E-state index in [1.807, 2.05) is 26.1 Å². The maximum atomic E-state index is 11.4. The van der Waals surface area contributed by atoms with Gasteiger partial charge >= 0.3 is 5.97 Å². The van der Waals surface area contributed by atoms with Gasteiger partial charge < -0.3 is 15.2 Å². The summed E-state index contributed by atoms with van der Waals surface area (Å²) in [6, 6.07) is 3.77. The van der Waals surface area contributed by atoms with Crippen molar-refractivity contribution < 1.29 is 14.6 Å². The van der Waals surface area contributed by atoms with Gasteiger partial charge in [-0.1, -0.05) is 12.1 Å². The molecule has 1 aliphatic rings. The van der Waals surface area contributed by atoms with Crippen molar-refractivity contribution in [1.82, 2.24) is 34.9 Å². The third-order valence-electron chi connectivity index (χ3n) is 6.23.